The van der Waals surface area contributed by atoms with Gasteiger partial charge in [-0.3, -0.25) is 4.79 Å². The minimum Gasteiger partial charge on any atom is -0.357 e. The average molecular weight is 318 g/mol. The molecule has 0 aliphatic carbocycles. The molecule has 1 N–H and O–H groups in total. The number of carbonyl (C=O) groups excluding carboxylic acids is 1. The van der Waals surface area contributed by atoms with E-state index in [1.165, 1.54) is 17.0 Å². The second-order valence-electron chi connectivity index (χ2n) is 5.09. The molecule has 23 heavy (non-hydrogen) atoms. The molecule has 1 heterocycles. The summed E-state index contributed by atoms with van der Waals surface area (Å²) in [5.41, 5.74) is 1.09. The van der Waals surface area contributed by atoms with E-state index in [0.717, 1.165) is 17.7 Å². The Labute approximate surface area is 131 Å². The van der Waals surface area contributed by atoms with Gasteiger partial charge in [-0.1, -0.05) is 36.4 Å². The molecule has 1 aliphatic heterocycles. The van der Waals surface area contributed by atoms with Crippen LogP contribution in [-0.4, -0.2) is 12.5 Å². The fraction of sp³-hybridized carbons (Fsp3) is 0.118. The van der Waals surface area contributed by atoms with Crippen LogP contribution in [-0.2, 0) is 11.0 Å². The van der Waals surface area contributed by atoms with E-state index in [1.54, 1.807) is 6.20 Å². The van der Waals surface area contributed by atoms with Crippen LogP contribution in [0.15, 0.2) is 60.8 Å². The molecule has 0 radical (unpaired) electrons. The van der Waals surface area contributed by atoms with Crippen LogP contribution in [0.25, 0.3) is 5.70 Å². The van der Waals surface area contributed by atoms with E-state index in [9.17, 15) is 18.0 Å². The maximum Gasteiger partial charge on any atom is 0.416 e. The SMILES string of the molecule is O=CC1NC(c2ccccc2)=CN1c1cccc(C(F)(F)F)c1. The number of hydrogen-bond acceptors (Lipinski definition) is 3. The summed E-state index contributed by atoms with van der Waals surface area (Å²) in [7, 11) is 0. The highest BCUT2D eigenvalue weighted by molar-refractivity contribution is 5.80. The predicted molar refractivity (Wildman–Crippen MR) is 81.3 cm³/mol. The van der Waals surface area contributed by atoms with Gasteiger partial charge in [-0.15, -0.1) is 0 Å². The minimum atomic E-state index is -4.42. The molecule has 0 aromatic heterocycles. The standard InChI is InChI=1S/C17H13F3N2O/c18-17(19,20)13-7-4-8-14(9-13)22-10-15(21-16(22)11-23)12-5-2-1-3-6-12/h1-11,16,21H. The quantitative estimate of drug-likeness (QED) is 0.877. The van der Waals surface area contributed by atoms with Gasteiger partial charge in [-0.25, -0.2) is 0 Å². The highest BCUT2D eigenvalue weighted by Gasteiger charge is 2.32. The Morgan fingerprint density at radius 2 is 1.78 bits per heavy atom. The average Bonchev–Trinajstić information content (AvgIpc) is 2.99. The third-order valence-corrected chi connectivity index (χ3v) is 3.56. The first-order valence-electron chi connectivity index (χ1n) is 6.94. The lowest BCUT2D eigenvalue weighted by atomic mass is 10.1. The van der Waals surface area contributed by atoms with Gasteiger partial charge < -0.3 is 10.2 Å². The number of nitrogens with zero attached hydrogens (tertiary/aromatic N) is 1. The summed E-state index contributed by atoms with van der Waals surface area (Å²) in [6, 6.07) is 14.2. The molecule has 6 heteroatoms. The number of aldehydes is 1. The number of nitrogens with one attached hydrogen (secondary N) is 1. The van der Waals surface area contributed by atoms with Crippen LogP contribution in [0.4, 0.5) is 18.9 Å². The first-order valence-corrected chi connectivity index (χ1v) is 6.94. The van der Waals surface area contributed by atoms with Crippen molar-refractivity contribution < 1.29 is 18.0 Å². The lowest BCUT2D eigenvalue weighted by molar-refractivity contribution is -0.137. The van der Waals surface area contributed by atoms with Crippen molar-refractivity contribution in [3.05, 3.63) is 71.9 Å². The smallest absolute Gasteiger partial charge is 0.357 e. The van der Waals surface area contributed by atoms with Crippen LogP contribution in [0.3, 0.4) is 0 Å². The largest absolute Gasteiger partial charge is 0.416 e. The van der Waals surface area contributed by atoms with Crippen molar-refractivity contribution in [2.45, 2.75) is 12.3 Å². The van der Waals surface area contributed by atoms with E-state index >= 15 is 0 Å². The Morgan fingerprint density at radius 3 is 2.43 bits per heavy atom. The first-order chi connectivity index (χ1) is 11.0. The van der Waals surface area contributed by atoms with Gasteiger partial charge in [0, 0.05) is 11.9 Å². The van der Waals surface area contributed by atoms with Crippen molar-refractivity contribution >= 4 is 17.7 Å². The van der Waals surface area contributed by atoms with Gasteiger partial charge in [0.2, 0.25) is 0 Å². The van der Waals surface area contributed by atoms with Gasteiger partial charge in [-0.05, 0) is 23.8 Å². The molecule has 0 spiro atoms. The maximum atomic E-state index is 12.9. The van der Waals surface area contributed by atoms with E-state index in [2.05, 4.69) is 5.32 Å². The number of carbonyl (C=O) groups is 1. The van der Waals surface area contributed by atoms with Crippen molar-refractivity contribution in [3.63, 3.8) is 0 Å². The number of rotatable bonds is 3. The molecule has 1 atom stereocenters. The fourth-order valence-corrected chi connectivity index (χ4v) is 2.44. The number of benzene rings is 2. The molecule has 1 aliphatic rings. The number of halogens is 3. The Hall–Kier alpha value is -2.76. The van der Waals surface area contributed by atoms with Gasteiger partial charge >= 0.3 is 6.18 Å². The Balaban J connectivity index is 1.98. The van der Waals surface area contributed by atoms with Crippen LogP contribution in [0.5, 0.6) is 0 Å². The molecule has 2 aromatic rings. The molecule has 1 unspecified atom stereocenters. The van der Waals surface area contributed by atoms with E-state index < -0.39 is 17.9 Å². The highest BCUT2D eigenvalue weighted by atomic mass is 19.4. The lowest BCUT2D eigenvalue weighted by Gasteiger charge is -2.21. The monoisotopic (exact) mass is 318 g/mol. The van der Waals surface area contributed by atoms with Gasteiger partial charge in [0.1, 0.15) is 0 Å². The van der Waals surface area contributed by atoms with Crippen LogP contribution in [0.1, 0.15) is 11.1 Å². The zero-order valence-electron chi connectivity index (χ0n) is 11.9. The second-order valence-corrected chi connectivity index (χ2v) is 5.09. The summed E-state index contributed by atoms with van der Waals surface area (Å²) in [5.74, 6) is 0. The van der Waals surface area contributed by atoms with E-state index in [4.69, 9.17) is 0 Å². The molecule has 118 valence electrons. The fourth-order valence-electron chi connectivity index (χ4n) is 2.44. The first kappa shape index (κ1) is 15.1. The van der Waals surface area contributed by atoms with Crippen molar-refractivity contribution in [1.82, 2.24) is 5.32 Å². The summed E-state index contributed by atoms with van der Waals surface area (Å²) in [5, 5.41) is 3.00. The molecular weight excluding hydrogens is 305 g/mol. The maximum absolute atomic E-state index is 12.9. The Kier molecular flexibility index (Phi) is 3.82. The van der Waals surface area contributed by atoms with Crippen molar-refractivity contribution in [3.8, 4) is 0 Å². The molecule has 3 nitrogen and oxygen atoms in total. The predicted octanol–water partition coefficient (Wildman–Crippen LogP) is 3.64. The van der Waals surface area contributed by atoms with E-state index in [0.29, 0.717) is 17.7 Å². The molecule has 0 amide bonds. The molecule has 0 saturated heterocycles. The topological polar surface area (TPSA) is 32.3 Å². The van der Waals surface area contributed by atoms with Crippen LogP contribution < -0.4 is 10.2 Å². The molecule has 0 fully saturated rings. The van der Waals surface area contributed by atoms with Crippen molar-refractivity contribution in [2.24, 2.45) is 0 Å². The van der Waals surface area contributed by atoms with Gasteiger partial charge in [0.15, 0.2) is 12.5 Å². The zero-order chi connectivity index (χ0) is 16.4. The third kappa shape index (κ3) is 3.06. The molecule has 0 bridgehead atoms. The van der Waals surface area contributed by atoms with E-state index in [1.807, 2.05) is 30.3 Å². The minimum absolute atomic E-state index is 0.301. The highest BCUT2D eigenvalue weighted by Crippen LogP contribution is 2.33. The van der Waals surface area contributed by atoms with Gasteiger partial charge in [-0.2, -0.15) is 13.2 Å². The lowest BCUT2D eigenvalue weighted by Crippen LogP contribution is -2.37. The van der Waals surface area contributed by atoms with E-state index in [-0.39, 0.29) is 0 Å². The number of alkyl halides is 3. The third-order valence-electron chi connectivity index (χ3n) is 3.56. The number of anilines is 1. The van der Waals surface area contributed by atoms with Crippen LogP contribution in [0.2, 0.25) is 0 Å². The van der Waals surface area contributed by atoms with Crippen LogP contribution in [0, 0.1) is 0 Å². The Morgan fingerprint density at radius 1 is 1.04 bits per heavy atom. The van der Waals surface area contributed by atoms with Crippen LogP contribution >= 0.6 is 0 Å². The second kappa shape index (κ2) is 5.79. The number of hydrogen-bond donors (Lipinski definition) is 1. The van der Waals surface area contributed by atoms with Crippen molar-refractivity contribution in [1.29, 1.82) is 0 Å². The molecule has 3 rings (SSSR count). The Bertz CT molecular complexity index is 741. The molecule has 2 aromatic carbocycles. The molecule has 0 saturated carbocycles. The summed E-state index contributed by atoms with van der Waals surface area (Å²) in [6.07, 6.45) is -2.86. The summed E-state index contributed by atoms with van der Waals surface area (Å²) < 4.78 is 38.6. The summed E-state index contributed by atoms with van der Waals surface area (Å²) in [6.45, 7) is 0. The summed E-state index contributed by atoms with van der Waals surface area (Å²) in [4.78, 5) is 12.8. The molecular formula is C17H13F3N2O. The normalized spacial score (nSPS) is 17.6. The van der Waals surface area contributed by atoms with Gasteiger partial charge in [0.05, 0.1) is 11.3 Å². The van der Waals surface area contributed by atoms with Crippen molar-refractivity contribution in [2.75, 3.05) is 4.90 Å². The zero-order valence-corrected chi connectivity index (χ0v) is 11.9. The van der Waals surface area contributed by atoms with Gasteiger partial charge in [0.25, 0.3) is 0 Å². The summed E-state index contributed by atoms with van der Waals surface area (Å²) >= 11 is 0.